The van der Waals surface area contributed by atoms with E-state index in [0.717, 1.165) is 36.2 Å². The normalized spacial score (nSPS) is 11.6. The number of carbonyl (C=O) groups is 1. The van der Waals surface area contributed by atoms with Crippen molar-refractivity contribution in [1.82, 2.24) is 9.78 Å². The average Bonchev–Trinajstić information content (AvgIpc) is 3.49. The van der Waals surface area contributed by atoms with Crippen molar-refractivity contribution in [3.63, 3.8) is 0 Å². The maximum atomic E-state index is 13.7. The van der Waals surface area contributed by atoms with Crippen LogP contribution >= 0.6 is 0 Å². The third-order valence-electron chi connectivity index (χ3n) is 8.58. The van der Waals surface area contributed by atoms with Crippen LogP contribution in [0.2, 0.25) is 0 Å². The number of nitrogens with zero attached hydrogens (tertiary/aromatic N) is 2. The van der Waals surface area contributed by atoms with E-state index in [9.17, 15) is 13.2 Å². The second-order valence-electron chi connectivity index (χ2n) is 12.3. The number of carbonyl (C=O) groups excluding carboxylic acids is 1. The third-order valence-corrected chi connectivity index (χ3v) is 10.4. The van der Waals surface area contributed by atoms with E-state index in [2.05, 4.69) is 6.92 Å². The highest BCUT2D eigenvalue weighted by Crippen LogP contribution is 2.24. The Balaban J connectivity index is 1.33. The van der Waals surface area contributed by atoms with E-state index in [1.54, 1.807) is 47.1 Å². The van der Waals surface area contributed by atoms with Gasteiger partial charge in [-0.1, -0.05) is 126 Å². The van der Waals surface area contributed by atoms with E-state index in [4.69, 9.17) is 5.10 Å². The highest BCUT2D eigenvalue weighted by atomic mass is 32.2. The van der Waals surface area contributed by atoms with Gasteiger partial charge in [0.1, 0.15) is 0 Å². The van der Waals surface area contributed by atoms with Gasteiger partial charge in [-0.2, -0.15) is 5.10 Å². The zero-order valence-corrected chi connectivity index (χ0v) is 28.0. The first-order chi connectivity index (χ1) is 21.9. The average molecular weight is 627 g/mol. The first-order valence-corrected chi connectivity index (χ1v) is 18.5. The lowest BCUT2D eigenvalue weighted by Crippen LogP contribution is -2.06. The lowest BCUT2D eigenvalue weighted by Gasteiger charge is -2.06. The number of benzene rings is 3. The van der Waals surface area contributed by atoms with Crippen LogP contribution < -0.4 is 0 Å². The number of sulfone groups is 1. The Kier molecular flexibility index (Phi) is 13.6. The minimum absolute atomic E-state index is 0.141. The summed E-state index contributed by atoms with van der Waals surface area (Å²) in [5.74, 6) is -0.141. The lowest BCUT2D eigenvalue weighted by molar-refractivity contribution is 0.103. The lowest BCUT2D eigenvalue weighted by atomic mass is 10.0. The molecule has 0 spiro atoms. The Hall–Kier alpha value is -3.51. The van der Waals surface area contributed by atoms with Crippen LogP contribution in [0.5, 0.6) is 0 Å². The molecule has 0 saturated carbocycles. The molecule has 6 heteroatoms. The number of rotatable bonds is 20. The van der Waals surface area contributed by atoms with Crippen LogP contribution in [0.1, 0.15) is 124 Å². The fourth-order valence-corrected chi connectivity index (χ4v) is 7.06. The van der Waals surface area contributed by atoms with Gasteiger partial charge in [-0.05, 0) is 68.3 Å². The molecule has 0 amide bonds. The molecule has 4 rings (SSSR count). The van der Waals surface area contributed by atoms with Crippen LogP contribution in [0.25, 0.3) is 5.69 Å². The molecule has 0 aliphatic carbocycles. The summed E-state index contributed by atoms with van der Waals surface area (Å²) in [6, 6.07) is 22.7. The van der Waals surface area contributed by atoms with Crippen LogP contribution in [0.3, 0.4) is 0 Å². The molecule has 0 radical (unpaired) electrons. The van der Waals surface area contributed by atoms with Gasteiger partial charge in [0.2, 0.25) is 9.84 Å². The summed E-state index contributed by atoms with van der Waals surface area (Å²) in [5.41, 5.74) is 3.89. The van der Waals surface area contributed by atoms with E-state index in [1.807, 2.05) is 37.4 Å². The van der Waals surface area contributed by atoms with Gasteiger partial charge in [0.25, 0.3) is 0 Å². The summed E-state index contributed by atoms with van der Waals surface area (Å²) >= 11 is 0. The minimum Gasteiger partial charge on any atom is -0.288 e. The summed E-state index contributed by atoms with van der Waals surface area (Å²) in [4.78, 5) is 14.1. The van der Waals surface area contributed by atoms with Gasteiger partial charge in [0, 0.05) is 11.8 Å². The molecule has 45 heavy (non-hydrogen) atoms. The summed E-state index contributed by atoms with van der Waals surface area (Å²) in [7, 11) is -3.65. The van der Waals surface area contributed by atoms with Crippen molar-refractivity contribution in [3.8, 4) is 5.69 Å². The van der Waals surface area contributed by atoms with Crippen molar-refractivity contribution < 1.29 is 13.2 Å². The van der Waals surface area contributed by atoms with Gasteiger partial charge in [-0.25, -0.2) is 13.1 Å². The topological polar surface area (TPSA) is 69.0 Å². The highest BCUT2D eigenvalue weighted by Gasteiger charge is 2.21. The maximum Gasteiger partial charge on any atom is 0.206 e. The number of aryl methyl sites for hydroxylation is 2. The van der Waals surface area contributed by atoms with Crippen molar-refractivity contribution in [3.05, 3.63) is 107 Å². The second-order valence-corrected chi connectivity index (χ2v) is 14.2. The Labute approximate surface area is 271 Å². The third kappa shape index (κ3) is 10.3. The number of ketones is 1. The number of unbranched alkanes of at least 4 members (excludes halogenated alkanes) is 13. The predicted octanol–water partition coefficient (Wildman–Crippen LogP) is 10.3. The number of hydrogen-bond donors (Lipinski definition) is 0. The molecule has 5 nitrogen and oxygen atoms in total. The molecule has 0 saturated heterocycles. The zero-order chi connectivity index (χ0) is 31.9. The predicted molar refractivity (Wildman–Crippen MR) is 184 cm³/mol. The summed E-state index contributed by atoms with van der Waals surface area (Å²) < 4.78 is 27.9. The number of hydrogen-bond acceptors (Lipinski definition) is 4. The van der Waals surface area contributed by atoms with Crippen LogP contribution in [0, 0.1) is 6.92 Å². The van der Waals surface area contributed by atoms with Crippen molar-refractivity contribution in [2.24, 2.45) is 0 Å². The molecule has 0 bridgehead atoms. The van der Waals surface area contributed by atoms with Crippen molar-refractivity contribution in [2.75, 3.05) is 0 Å². The second kappa shape index (κ2) is 17.8. The molecule has 0 aliphatic rings. The molecule has 0 aliphatic heterocycles. The zero-order valence-electron chi connectivity index (χ0n) is 27.2. The van der Waals surface area contributed by atoms with Gasteiger partial charge in [-0.15, -0.1) is 0 Å². The highest BCUT2D eigenvalue weighted by molar-refractivity contribution is 7.91. The van der Waals surface area contributed by atoms with E-state index in [0.29, 0.717) is 11.1 Å². The molecule has 0 fully saturated rings. The molecule has 0 atom stereocenters. The standard InChI is InChI=1S/C39H50N2O3S/c1-3-4-5-6-7-8-9-10-11-12-13-14-15-19-22-38-37(31-41(40-38)34-27-23-32(2)24-28-34)39(42)33-25-29-36(30-26-33)45(43,44)35-20-17-16-18-21-35/h16-18,20-21,23-31H,3-15,19,22H2,1-2H3. The summed E-state index contributed by atoms with van der Waals surface area (Å²) in [6.45, 7) is 4.32. The Bertz CT molecular complexity index is 1560. The summed E-state index contributed by atoms with van der Waals surface area (Å²) in [5, 5.41) is 4.85. The van der Waals surface area contributed by atoms with Crippen LogP contribution in [-0.4, -0.2) is 24.0 Å². The smallest absolute Gasteiger partial charge is 0.206 e. The molecule has 1 heterocycles. The van der Waals surface area contributed by atoms with Crippen molar-refractivity contribution >= 4 is 15.6 Å². The Morgan fingerprint density at radius 2 is 1.16 bits per heavy atom. The summed E-state index contributed by atoms with van der Waals surface area (Å²) in [6.07, 6.45) is 20.8. The molecule has 3 aromatic carbocycles. The van der Waals surface area contributed by atoms with Gasteiger partial charge in [-0.3, -0.25) is 4.79 Å². The molecule has 0 unspecified atom stereocenters. The van der Waals surface area contributed by atoms with E-state index < -0.39 is 9.84 Å². The fraction of sp³-hybridized carbons (Fsp3) is 0.436. The maximum absolute atomic E-state index is 13.7. The first kappa shape index (κ1) is 34.4. The first-order valence-electron chi connectivity index (χ1n) is 17.0. The number of aromatic nitrogens is 2. The minimum atomic E-state index is -3.65. The van der Waals surface area contributed by atoms with Gasteiger partial charge in [0.15, 0.2) is 5.78 Å². The Morgan fingerprint density at radius 1 is 0.644 bits per heavy atom. The Morgan fingerprint density at radius 3 is 1.71 bits per heavy atom. The van der Waals surface area contributed by atoms with Crippen LogP contribution in [-0.2, 0) is 16.3 Å². The molecular formula is C39H50N2O3S. The molecule has 240 valence electrons. The van der Waals surface area contributed by atoms with Crippen molar-refractivity contribution in [2.45, 2.75) is 120 Å². The van der Waals surface area contributed by atoms with E-state index in [-0.39, 0.29) is 15.6 Å². The molecule has 4 aromatic rings. The molecule has 1 aromatic heterocycles. The molecule has 0 N–H and O–H groups in total. The van der Waals surface area contributed by atoms with Crippen molar-refractivity contribution in [1.29, 1.82) is 0 Å². The largest absolute Gasteiger partial charge is 0.288 e. The van der Waals surface area contributed by atoms with Gasteiger partial charge in [0.05, 0.1) is 26.7 Å². The SMILES string of the molecule is CCCCCCCCCCCCCCCCc1nn(-c2ccc(C)cc2)cc1C(=O)c1ccc(S(=O)(=O)c2ccccc2)cc1. The van der Waals surface area contributed by atoms with Crippen LogP contribution in [0.15, 0.2) is 94.9 Å². The van der Waals surface area contributed by atoms with E-state index >= 15 is 0 Å². The quantitative estimate of drug-likeness (QED) is 0.0723. The molecular weight excluding hydrogens is 577 g/mol. The van der Waals surface area contributed by atoms with Crippen LogP contribution in [0.4, 0.5) is 0 Å². The fourth-order valence-electron chi connectivity index (χ4n) is 5.78. The van der Waals surface area contributed by atoms with E-state index in [1.165, 1.54) is 89.2 Å². The monoisotopic (exact) mass is 626 g/mol. The van der Waals surface area contributed by atoms with Gasteiger partial charge >= 0.3 is 0 Å². The van der Waals surface area contributed by atoms with Gasteiger partial charge < -0.3 is 0 Å².